The third-order valence-corrected chi connectivity index (χ3v) is 9.54. The van der Waals surface area contributed by atoms with Crippen molar-refractivity contribution in [1.82, 2.24) is 4.57 Å². The molecule has 0 radical (unpaired) electrons. The summed E-state index contributed by atoms with van der Waals surface area (Å²) < 4.78 is 18.1. The van der Waals surface area contributed by atoms with Crippen molar-refractivity contribution in [3.05, 3.63) is 61.0 Å². The van der Waals surface area contributed by atoms with Crippen LogP contribution in [0.3, 0.4) is 0 Å². The van der Waals surface area contributed by atoms with E-state index < -0.39 is 0 Å². The number of fused-ring (bicyclic) bond motifs is 2. The lowest BCUT2D eigenvalue weighted by atomic mass is 10.2. The Labute approximate surface area is 210 Å². The molecule has 6 nitrogen and oxygen atoms in total. The number of hydrogen-bond acceptors (Lipinski definition) is 7. The topological polar surface area (TPSA) is 47.6 Å². The predicted molar refractivity (Wildman–Crippen MR) is 142 cm³/mol. The number of anilines is 1. The molecule has 34 heavy (non-hydrogen) atoms. The normalized spacial score (nSPS) is 15.3. The first-order valence-electron chi connectivity index (χ1n) is 11.0. The van der Waals surface area contributed by atoms with Gasteiger partial charge in [-0.3, -0.25) is 9.36 Å². The lowest BCUT2D eigenvalue weighted by Crippen LogP contribution is -2.35. The second-order valence-electron chi connectivity index (χ2n) is 7.76. The summed E-state index contributed by atoms with van der Waals surface area (Å²) in [6, 6.07) is 12.4. The van der Waals surface area contributed by atoms with E-state index in [1.54, 1.807) is 48.7 Å². The van der Waals surface area contributed by atoms with E-state index in [0.29, 0.717) is 18.0 Å². The summed E-state index contributed by atoms with van der Waals surface area (Å²) in [5.41, 5.74) is 2.28. The first kappa shape index (κ1) is 23.0. The SMILES string of the molecule is CCn1c(=O)/c(=C2/Sc3cc(OC)c(OC)cc3N2C)s/c1=C/c1sc2ccccc2[n+]1CC. The second kappa shape index (κ2) is 9.13. The largest absolute Gasteiger partial charge is 0.493 e. The number of nitrogens with zero attached hydrogens (tertiary/aromatic N) is 3. The van der Waals surface area contributed by atoms with Crippen molar-refractivity contribution in [3.63, 3.8) is 0 Å². The predicted octanol–water partition coefficient (Wildman–Crippen LogP) is 3.61. The highest BCUT2D eigenvalue weighted by Gasteiger charge is 2.27. The maximum Gasteiger partial charge on any atom is 0.271 e. The summed E-state index contributed by atoms with van der Waals surface area (Å²) in [7, 11) is 5.26. The molecular formula is C25H26N3O3S3+. The van der Waals surface area contributed by atoms with Crippen LogP contribution in [0.4, 0.5) is 5.69 Å². The van der Waals surface area contributed by atoms with Gasteiger partial charge in [0, 0.05) is 36.7 Å². The van der Waals surface area contributed by atoms with Gasteiger partial charge in [0.15, 0.2) is 11.5 Å². The van der Waals surface area contributed by atoms with E-state index in [-0.39, 0.29) is 5.56 Å². The molecule has 0 unspecified atom stereocenters. The molecule has 0 N–H and O–H groups in total. The Balaban J connectivity index is 1.70. The minimum absolute atomic E-state index is 0.0454. The molecule has 2 aromatic heterocycles. The van der Waals surface area contributed by atoms with Crippen molar-refractivity contribution in [2.45, 2.75) is 31.8 Å². The van der Waals surface area contributed by atoms with Crippen LogP contribution in [0.25, 0.3) is 21.3 Å². The summed E-state index contributed by atoms with van der Waals surface area (Å²) in [5, 5.41) is 2.08. The molecule has 1 aliphatic heterocycles. The number of thiazole rings is 2. The standard InChI is InChI=1S/C25H26N3O3S3/c1-6-27-15-10-8-9-11-19(15)32-21(27)14-22-28(7-2)24(29)23(34-22)25-26(3)16-12-17(30-4)18(31-5)13-20(16)33-25/h8-14H,6-7H2,1-5H3/q+1/b25-23-. The zero-order valence-corrected chi connectivity index (χ0v) is 22.2. The molecule has 0 atom stereocenters. The number of ether oxygens (including phenoxy) is 2. The van der Waals surface area contributed by atoms with E-state index >= 15 is 0 Å². The van der Waals surface area contributed by atoms with Crippen molar-refractivity contribution in [1.29, 1.82) is 0 Å². The average molecular weight is 513 g/mol. The van der Waals surface area contributed by atoms with E-state index in [1.807, 2.05) is 30.7 Å². The van der Waals surface area contributed by atoms with Gasteiger partial charge in [-0.2, -0.15) is 4.57 Å². The molecule has 0 saturated carbocycles. The number of hydrogen-bond donors (Lipinski definition) is 0. The van der Waals surface area contributed by atoms with Gasteiger partial charge >= 0.3 is 0 Å². The van der Waals surface area contributed by atoms with Crippen molar-refractivity contribution >= 4 is 61.4 Å². The first-order chi connectivity index (χ1) is 16.5. The Kier molecular flexibility index (Phi) is 6.18. The van der Waals surface area contributed by atoms with Gasteiger partial charge in [-0.1, -0.05) is 35.2 Å². The van der Waals surface area contributed by atoms with Crippen LogP contribution < -0.4 is 33.7 Å². The molecule has 0 amide bonds. The summed E-state index contributed by atoms with van der Waals surface area (Å²) in [6.45, 7) is 5.67. The Morgan fingerprint density at radius 1 is 1.06 bits per heavy atom. The number of thioether (sulfide) groups is 1. The molecule has 4 aromatic rings. The Bertz CT molecular complexity index is 1580. The second-order valence-corrected chi connectivity index (χ2v) is 10.9. The third kappa shape index (κ3) is 3.62. The molecule has 0 bridgehead atoms. The Morgan fingerprint density at radius 2 is 1.79 bits per heavy atom. The molecule has 0 spiro atoms. The van der Waals surface area contributed by atoms with Gasteiger partial charge in [0.1, 0.15) is 25.5 Å². The smallest absolute Gasteiger partial charge is 0.271 e. The van der Waals surface area contributed by atoms with Crippen LogP contribution in [0.15, 0.2) is 46.1 Å². The molecule has 1 aliphatic rings. The molecule has 0 aliphatic carbocycles. The highest BCUT2D eigenvalue weighted by atomic mass is 32.2. The van der Waals surface area contributed by atoms with E-state index in [9.17, 15) is 4.79 Å². The first-order valence-corrected chi connectivity index (χ1v) is 13.5. The fourth-order valence-corrected chi connectivity index (χ4v) is 7.94. The molecule has 0 fully saturated rings. The minimum atomic E-state index is 0.0454. The van der Waals surface area contributed by atoms with Crippen molar-refractivity contribution in [3.8, 4) is 11.5 Å². The molecule has 5 rings (SSSR count). The molecule has 3 heterocycles. The van der Waals surface area contributed by atoms with Crippen molar-refractivity contribution < 1.29 is 14.0 Å². The van der Waals surface area contributed by atoms with Crippen LogP contribution in [0.5, 0.6) is 11.5 Å². The number of rotatable bonds is 5. The van der Waals surface area contributed by atoms with Crippen molar-refractivity contribution in [2.75, 3.05) is 26.2 Å². The maximum atomic E-state index is 13.5. The quantitative estimate of drug-likeness (QED) is 0.383. The van der Waals surface area contributed by atoms with E-state index in [2.05, 4.69) is 46.7 Å². The monoisotopic (exact) mass is 512 g/mol. The lowest BCUT2D eigenvalue weighted by Gasteiger charge is -2.14. The third-order valence-electron chi connectivity index (χ3n) is 5.96. The van der Waals surface area contributed by atoms with E-state index in [4.69, 9.17) is 9.47 Å². The van der Waals surface area contributed by atoms with Gasteiger partial charge in [-0.15, -0.1) is 11.3 Å². The van der Waals surface area contributed by atoms with Crippen LogP contribution in [0, 0.1) is 0 Å². The van der Waals surface area contributed by atoms with Gasteiger partial charge < -0.3 is 14.4 Å². The number of para-hydroxylation sites is 1. The number of methoxy groups -OCH3 is 2. The number of aryl methyl sites for hydroxylation is 1. The van der Waals surface area contributed by atoms with Crippen LogP contribution in [-0.4, -0.2) is 25.8 Å². The molecule has 2 aromatic carbocycles. The van der Waals surface area contributed by atoms with Gasteiger partial charge in [0.25, 0.3) is 10.6 Å². The van der Waals surface area contributed by atoms with E-state index in [0.717, 1.165) is 36.4 Å². The minimum Gasteiger partial charge on any atom is -0.493 e. The summed E-state index contributed by atoms with van der Waals surface area (Å²) >= 11 is 4.91. The van der Waals surface area contributed by atoms with E-state index in [1.165, 1.54) is 10.2 Å². The summed E-state index contributed by atoms with van der Waals surface area (Å²) in [5.74, 6) is 1.36. The molecular weight excluding hydrogens is 486 g/mol. The highest BCUT2D eigenvalue weighted by molar-refractivity contribution is 8.08. The maximum absolute atomic E-state index is 13.5. The van der Waals surface area contributed by atoms with Crippen LogP contribution >= 0.6 is 34.4 Å². The number of aromatic nitrogens is 2. The molecule has 9 heteroatoms. The highest BCUT2D eigenvalue weighted by Crippen LogP contribution is 2.49. The number of benzene rings is 2. The van der Waals surface area contributed by atoms with Crippen LogP contribution in [0.1, 0.15) is 18.9 Å². The lowest BCUT2D eigenvalue weighted by molar-refractivity contribution is -0.665. The Hall–Kier alpha value is -2.75. The summed E-state index contributed by atoms with van der Waals surface area (Å²) in [4.78, 5) is 16.6. The van der Waals surface area contributed by atoms with Crippen LogP contribution in [0.2, 0.25) is 0 Å². The van der Waals surface area contributed by atoms with Gasteiger partial charge in [-0.05, 0) is 19.9 Å². The van der Waals surface area contributed by atoms with Crippen LogP contribution in [-0.2, 0) is 13.1 Å². The Morgan fingerprint density at radius 3 is 2.50 bits per heavy atom. The van der Waals surface area contributed by atoms with Gasteiger partial charge in [0.2, 0.25) is 5.52 Å². The molecule has 176 valence electrons. The summed E-state index contributed by atoms with van der Waals surface area (Å²) in [6.07, 6.45) is 2.16. The van der Waals surface area contributed by atoms with Gasteiger partial charge in [-0.25, -0.2) is 0 Å². The zero-order valence-electron chi connectivity index (χ0n) is 19.7. The zero-order chi connectivity index (χ0) is 24.0. The van der Waals surface area contributed by atoms with Crippen molar-refractivity contribution in [2.24, 2.45) is 0 Å². The average Bonchev–Trinajstić information content (AvgIpc) is 3.48. The fourth-order valence-electron chi connectivity index (χ4n) is 4.23. The van der Waals surface area contributed by atoms with Gasteiger partial charge in [0.05, 0.1) is 26.0 Å². The fraction of sp³-hybridized carbons (Fsp3) is 0.280. The molecule has 0 saturated heterocycles.